The molecule has 0 aromatic carbocycles. The quantitative estimate of drug-likeness (QED) is 0.286. The van der Waals surface area contributed by atoms with Crippen LogP contribution in [-0.4, -0.2) is 92.7 Å². The number of hydrogen-bond donors (Lipinski definition) is 2. The van der Waals surface area contributed by atoms with E-state index in [-0.39, 0.29) is 40.1 Å². The van der Waals surface area contributed by atoms with Crippen LogP contribution in [0.4, 0.5) is 0 Å². The van der Waals surface area contributed by atoms with Gasteiger partial charge >= 0.3 is 0 Å². The third kappa shape index (κ3) is 10.4. The monoisotopic (exact) mass is 799 g/mol. The van der Waals surface area contributed by atoms with Crippen molar-refractivity contribution in [3.05, 3.63) is 0 Å². The van der Waals surface area contributed by atoms with Gasteiger partial charge < -0.3 is 34.6 Å². The smallest absolute Gasteiger partial charge is 0.257 e. The highest BCUT2D eigenvalue weighted by Gasteiger charge is 2.67. The third-order valence-corrected chi connectivity index (χ3v) is 14.7. The van der Waals surface area contributed by atoms with E-state index in [4.69, 9.17) is 14.2 Å². The first-order valence-electron chi connectivity index (χ1n) is 24.0. The van der Waals surface area contributed by atoms with Crippen molar-refractivity contribution in [1.82, 2.24) is 20.4 Å². The Hall–Kier alpha value is -1.26. The van der Waals surface area contributed by atoms with E-state index in [9.17, 15) is 0 Å². The molecule has 4 spiro atoms. The molecule has 6 aliphatic rings. The molecule has 0 aromatic rings. The molecule has 2 aliphatic carbocycles. The number of nitrogens with one attached hydrogen (secondary N) is 2. The van der Waals surface area contributed by atoms with Crippen LogP contribution in [0.2, 0.25) is 0 Å². The Kier molecular flexibility index (Phi) is 14.0. The molecule has 0 atom stereocenters. The van der Waals surface area contributed by atoms with Crippen molar-refractivity contribution in [1.29, 1.82) is 0 Å². The zero-order chi connectivity index (χ0) is 41.2. The average molecular weight is 799 g/mol. The van der Waals surface area contributed by atoms with Gasteiger partial charge in [-0.15, -0.1) is 0 Å². The van der Waals surface area contributed by atoms with Gasteiger partial charge in [-0.05, 0) is 107 Å². The molecular formula is C48H86N4O5. The summed E-state index contributed by atoms with van der Waals surface area (Å²) in [6.07, 6.45) is 27.2. The van der Waals surface area contributed by atoms with E-state index in [2.05, 4.69) is 75.8 Å². The first kappa shape index (κ1) is 45.3. The topological polar surface area (TPSA) is 92.4 Å². The van der Waals surface area contributed by atoms with Gasteiger partial charge in [-0.1, -0.05) is 89.9 Å². The predicted molar refractivity (Wildman–Crippen MR) is 230 cm³/mol. The highest BCUT2D eigenvalue weighted by atomic mass is 16.6. The summed E-state index contributed by atoms with van der Waals surface area (Å²) in [6.45, 7) is 18.6. The lowest BCUT2D eigenvalue weighted by Crippen LogP contribution is -2.66. The number of methoxy groups -OCH3 is 1. The Balaban J connectivity index is 1.36. The summed E-state index contributed by atoms with van der Waals surface area (Å²) in [4.78, 5) is 35.2. The van der Waals surface area contributed by atoms with E-state index < -0.39 is 22.7 Å². The van der Waals surface area contributed by atoms with Gasteiger partial charge in [-0.25, -0.2) is 0 Å². The summed E-state index contributed by atoms with van der Waals surface area (Å²) in [7, 11) is 1.79. The van der Waals surface area contributed by atoms with Crippen molar-refractivity contribution in [2.45, 2.75) is 273 Å². The minimum Gasteiger partial charge on any atom is -0.378 e. The van der Waals surface area contributed by atoms with Crippen molar-refractivity contribution >= 4 is 11.8 Å². The second-order valence-corrected chi connectivity index (χ2v) is 22.6. The van der Waals surface area contributed by atoms with Gasteiger partial charge in [0.2, 0.25) is 0 Å². The SMILES string of the molecule is COC(CN1C(=O)C2(CC(C)(C)NC(C)(C)C2)OC12CCCCCCCCCCC2)CN1C(=O)C2(CC(C)(C)NC(C)(C)C2)OC12CCCCCCCCCCC2. The molecule has 328 valence electrons. The molecule has 9 nitrogen and oxygen atoms in total. The van der Waals surface area contributed by atoms with Gasteiger partial charge in [0.15, 0.2) is 11.2 Å². The highest BCUT2D eigenvalue weighted by Crippen LogP contribution is 2.53. The number of rotatable bonds is 5. The van der Waals surface area contributed by atoms with Crippen molar-refractivity contribution in [3.63, 3.8) is 0 Å². The first-order chi connectivity index (χ1) is 26.8. The van der Waals surface area contributed by atoms with Crippen LogP contribution in [0.25, 0.3) is 0 Å². The zero-order valence-corrected chi connectivity index (χ0v) is 38.3. The van der Waals surface area contributed by atoms with Crippen LogP contribution < -0.4 is 10.6 Å². The third-order valence-electron chi connectivity index (χ3n) is 14.7. The Labute approximate surface area is 348 Å². The number of ether oxygens (including phenoxy) is 3. The largest absolute Gasteiger partial charge is 0.378 e. The lowest BCUT2D eigenvalue weighted by atomic mass is 9.72. The van der Waals surface area contributed by atoms with Crippen LogP contribution >= 0.6 is 0 Å². The minimum atomic E-state index is -0.898. The molecule has 9 heteroatoms. The summed E-state index contributed by atoms with van der Waals surface area (Å²) in [6, 6.07) is 0. The van der Waals surface area contributed by atoms with Gasteiger partial charge in [0.05, 0.1) is 19.2 Å². The molecule has 57 heavy (non-hydrogen) atoms. The second-order valence-electron chi connectivity index (χ2n) is 22.6. The molecule has 2 N–H and O–H groups in total. The van der Waals surface area contributed by atoms with E-state index in [1.807, 2.05) is 0 Å². The molecule has 6 rings (SSSR count). The second kappa shape index (κ2) is 17.6. The number of hydrogen-bond acceptors (Lipinski definition) is 7. The Bertz CT molecular complexity index is 1220. The van der Waals surface area contributed by atoms with Gasteiger partial charge in [0.25, 0.3) is 11.8 Å². The summed E-state index contributed by atoms with van der Waals surface area (Å²) in [5.74, 6) is 0.254. The highest BCUT2D eigenvalue weighted by molar-refractivity contribution is 5.89. The van der Waals surface area contributed by atoms with Crippen LogP contribution in [0, 0.1) is 0 Å². The molecule has 2 amide bonds. The fraction of sp³-hybridized carbons (Fsp3) is 0.958. The van der Waals surface area contributed by atoms with E-state index in [0.29, 0.717) is 38.8 Å². The van der Waals surface area contributed by atoms with E-state index in [1.54, 1.807) is 7.11 Å². The molecular weight excluding hydrogens is 713 g/mol. The normalized spacial score (nSPS) is 30.3. The summed E-state index contributed by atoms with van der Waals surface area (Å²) in [5.41, 5.74) is -4.20. The molecule has 0 aromatic heterocycles. The number of carbonyl (C=O) groups is 2. The molecule has 0 unspecified atom stereocenters. The van der Waals surface area contributed by atoms with Crippen LogP contribution in [0.1, 0.15) is 222 Å². The molecule has 2 saturated carbocycles. The van der Waals surface area contributed by atoms with Crippen molar-refractivity contribution in [3.8, 4) is 0 Å². The lowest BCUT2D eigenvalue weighted by Gasteiger charge is -2.50. The predicted octanol–water partition coefficient (Wildman–Crippen LogP) is 10.1. The van der Waals surface area contributed by atoms with Crippen LogP contribution in [0.5, 0.6) is 0 Å². The Morgan fingerprint density at radius 2 is 0.719 bits per heavy atom. The molecule has 0 bridgehead atoms. The summed E-state index contributed by atoms with van der Waals surface area (Å²) < 4.78 is 21.6. The first-order valence-corrected chi connectivity index (χ1v) is 24.0. The fourth-order valence-electron chi connectivity index (χ4n) is 13.4. The molecule has 4 saturated heterocycles. The summed E-state index contributed by atoms with van der Waals surface area (Å²) in [5, 5.41) is 7.66. The van der Waals surface area contributed by atoms with Crippen molar-refractivity contribution < 1.29 is 23.8 Å². The van der Waals surface area contributed by atoms with Gasteiger partial charge in [-0.2, -0.15) is 0 Å². The van der Waals surface area contributed by atoms with Crippen LogP contribution in [0.15, 0.2) is 0 Å². The van der Waals surface area contributed by atoms with E-state index in [0.717, 1.165) is 77.0 Å². The maximum absolute atomic E-state index is 15.5. The Morgan fingerprint density at radius 1 is 0.474 bits per heavy atom. The fourth-order valence-corrected chi connectivity index (χ4v) is 13.4. The summed E-state index contributed by atoms with van der Waals surface area (Å²) >= 11 is 0. The van der Waals surface area contributed by atoms with E-state index in [1.165, 1.54) is 64.2 Å². The number of nitrogens with zero attached hydrogens (tertiary/aromatic N) is 2. The average Bonchev–Trinajstić information content (AvgIpc) is 3.40. The molecule has 0 radical (unpaired) electrons. The van der Waals surface area contributed by atoms with Crippen molar-refractivity contribution in [2.24, 2.45) is 0 Å². The van der Waals surface area contributed by atoms with Gasteiger partial charge in [0, 0.05) is 54.9 Å². The van der Waals surface area contributed by atoms with Crippen molar-refractivity contribution in [2.75, 3.05) is 20.2 Å². The van der Waals surface area contributed by atoms with E-state index >= 15 is 9.59 Å². The maximum Gasteiger partial charge on any atom is 0.257 e. The number of piperidine rings is 2. The zero-order valence-electron chi connectivity index (χ0n) is 38.3. The number of carbonyl (C=O) groups excluding carboxylic acids is 2. The van der Waals surface area contributed by atoms with Crippen LogP contribution in [0.3, 0.4) is 0 Å². The molecule has 4 heterocycles. The molecule has 4 aliphatic heterocycles. The van der Waals surface area contributed by atoms with Crippen LogP contribution in [-0.2, 0) is 23.8 Å². The minimum absolute atomic E-state index is 0.127. The standard InChI is InChI=1S/C48H86N4O5/c1-41(2)34-45(35-42(3,4)49-41)39(53)51(47(56-45)28-24-20-16-12-10-13-17-21-25-29-47)32-38(55-9)33-52-40(54)46(36-43(5,6)50-44(7,8)37-46)57-48(52)30-26-22-18-14-11-15-19-23-27-31-48/h38,49-50H,10-37H2,1-9H3. The molecule has 6 fully saturated rings. The van der Waals surface area contributed by atoms with Gasteiger partial charge in [0.1, 0.15) is 11.4 Å². The Morgan fingerprint density at radius 3 is 0.965 bits per heavy atom. The number of amides is 2. The lowest BCUT2D eigenvalue weighted by molar-refractivity contribution is -0.184. The van der Waals surface area contributed by atoms with Gasteiger partial charge in [-0.3, -0.25) is 9.59 Å². The maximum atomic E-state index is 15.5.